The van der Waals surface area contributed by atoms with Crippen LogP contribution >= 0.6 is 31.9 Å². The van der Waals surface area contributed by atoms with Crippen molar-refractivity contribution >= 4 is 31.9 Å². The van der Waals surface area contributed by atoms with Crippen molar-refractivity contribution in [3.8, 4) is 11.5 Å². The highest BCUT2D eigenvalue weighted by Crippen LogP contribution is 2.30. The summed E-state index contributed by atoms with van der Waals surface area (Å²) in [4.78, 5) is 0. The zero-order chi connectivity index (χ0) is 13.1. The number of alkyl halides is 1. The monoisotopic (exact) mass is 372 g/mol. The van der Waals surface area contributed by atoms with Gasteiger partial charge in [0.2, 0.25) is 0 Å². The van der Waals surface area contributed by atoms with E-state index in [1.807, 2.05) is 29.1 Å². The lowest BCUT2D eigenvalue weighted by Crippen LogP contribution is -1.99. The number of rotatable bonds is 4. The molecule has 0 fully saturated rings. The maximum atomic E-state index is 5.87. The Morgan fingerprint density at radius 2 is 2.17 bits per heavy atom. The Morgan fingerprint density at radius 3 is 2.78 bits per heavy atom. The minimum absolute atomic E-state index is 0.334. The maximum absolute atomic E-state index is 5.87. The molecule has 0 aliphatic rings. The van der Waals surface area contributed by atoms with Gasteiger partial charge in [0, 0.05) is 21.4 Å². The van der Waals surface area contributed by atoms with Crippen LogP contribution in [-0.4, -0.2) is 9.78 Å². The van der Waals surface area contributed by atoms with Crippen LogP contribution in [0.5, 0.6) is 11.5 Å². The fourth-order valence-corrected chi connectivity index (χ4v) is 2.32. The first-order valence-electron chi connectivity index (χ1n) is 5.66. The highest BCUT2D eigenvalue weighted by molar-refractivity contribution is 9.10. The van der Waals surface area contributed by atoms with Crippen LogP contribution in [-0.2, 0) is 5.33 Å². The Balaban J connectivity index is 2.24. The fourth-order valence-electron chi connectivity index (χ4n) is 1.52. The summed E-state index contributed by atoms with van der Waals surface area (Å²) in [6.07, 6.45) is 3.64. The zero-order valence-corrected chi connectivity index (χ0v) is 13.4. The van der Waals surface area contributed by atoms with Crippen LogP contribution in [0.1, 0.15) is 25.5 Å². The van der Waals surface area contributed by atoms with Gasteiger partial charge in [-0.3, -0.25) is 4.68 Å². The van der Waals surface area contributed by atoms with Crippen molar-refractivity contribution in [2.75, 3.05) is 0 Å². The van der Waals surface area contributed by atoms with Crippen LogP contribution in [0.15, 0.2) is 35.1 Å². The molecule has 0 aliphatic heterocycles. The summed E-state index contributed by atoms with van der Waals surface area (Å²) >= 11 is 6.91. The molecule has 18 heavy (non-hydrogen) atoms. The Hall–Kier alpha value is -0.810. The van der Waals surface area contributed by atoms with E-state index in [1.54, 1.807) is 6.20 Å². The summed E-state index contributed by atoms with van der Waals surface area (Å²) in [5.41, 5.74) is 1.11. The number of halogens is 2. The third-order valence-corrected chi connectivity index (χ3v) is 3.61. The third-order valence-electron chi connectivity index (χ3n) is 2.51. The fraction of sp³-hybridized carbons (Fsp3) is 0.308. The van der Waals surface area contributed by atoms with Gasteiger partial charge in [0.15, 0.2) is 5.75 Å². The molecular weight excluding hydrogens is 360 g/mol. The number of ether oxygens (including phenoxy) is 1. The van der Waals surface area contributed by atoms with E-state index < -0.39 is 0 Å². The number of nitrogens with zero attached hydrogens (tertiary/aromatic N) is 2. The van der Waals surface area contributed by atoms with Crippen molar-refractivity contribution in [1.29, 1.82) is 0 Å². The molecule has 0 spiro atoms. The molecule has 0 atom stereocenters. The van der Waals surface area contributed by atoms with Gasteiger partial charge in [0.05, 0.1) is 12.4 Å². The highest BCUT2D eigenvalue weighted by Gasteiger charge is 2.08. The number of hydrogen-bond donors (Lipinski definition) is 0. The van der Waals surface area contributed by atoms with Crippen molar-refractivity contribution in [2.24, 2.45) is 0 Å². The topological polar surface area (TPSA) is 27.1 Å². The van der Waals surface area contributed by atoms with E-state index in [1.165, 1.54) is 0 Å². The lowest BCUT2D eigenvalue weighted by molar-refractivity contribution is 0.473. The second-order valence-corrected chi connectivity index (χ2v) is 5.71. The average molecular weight is 374 g/mol. The standard InChI is InChI=1S/C13H14Br2N2O/c1-9(2)17-8-12(7-16-17)18-13-5-11(15)4-3-10(13)6-14/h3-5,7-9H,6H2,1-2H3. The van der Waals surface area contributed by atoms with E-state index in [0.717, 1.165) is 26.9 Å². The maximum Gasteiger partial charge on any atom is 0.165 e. The van der Waals surface area contributed by atoms with Gasteiger partial charge >= 0.3 is 0 Å². The largest absolute Gasteiger partial charge is 0.454 e. The van der Waals surface area contributed by atoms with Crippen molar-refractivity contribution in [3.63, 3.8) is 0 Å². The Labute approximate surface area is 123 Å². The quantitative estimate of drug-likeness (QED) is 0.711. The summed E-state index contributed by atoms with van der Waals surface area (Å²) in [5, 5.41) is 5.02. The summed E-state index contributed by atoms with van der Waals surface area (Å²) in [5.74, 6) is 1.59. The van der Waals surface area contributed by atoms with Gasteiger partial charge in [-0.2, -0.15) is 5.10 Å². The molecule has 0 bridgehead atoms. The predicted molar refractivity (Wildman–Crippen MR) is 79.5 cm³/mol. The van der Waals surface area contributed by atoms with Crippen LogP contribution in [0, 0.1) is 0 Å². The summed E-state index contributed by atoms with van der Waals surface area (Å²) < 4.78 is 8.74. The molecule has 5 heteroatoms. The van der Waals surface area contributed by atoms with E-state index in [4.69, 9.17) is 4.74 Å². The molecule has 0 unspecified atom stereocenters. The highest BCUT2D eigenvalue weighted by atomic mass is 79.9. The van der Waals surface area contributed by atoms with Crippen LogP contribution in [0.2, 0.25) is 0 Å². The first kappa shape index (κ1) is 13.6. The van der Waals surface area contributed by atoms with Crippen molar-refractivity contribution in [3.05, 3.63) is 40.6 Å². The SMILES string of the molecule is CC(C)n1cc(Oc2cc(Br)ccc2CBr)cn1. The second-order valence-electron chi connectivity index (χ2n) is 4.24. The lowest BCUT2D eigenvalue weighted by atomic mass is 10.2. The molecular formula is C13H14Br2N2O. The molecule has 0 radical (unpaired) electrons. The van der Waals surface area contributed by atoms with Gasteiger partial charge in [-0.1, -0.05) is 37.9 Å². The van der Waals surface area contributed by atoms with Crippen LogP contribution in [0.25, 0.3) is 0 Å². The van der Waals surface area contributed by atoms with Gasteiger partial charge in [-0.25, -0.2) is 0 Å². The van der Waals surface area contributed by atoms with Crippen LogP contribution < -0.4 is 4.74 Å². The molecule has 0 N–H and O–H groups in total. The Morgan fingerprint density at radius 1 is 1.39 bits per heavy atom. The van der Waals surface area contributed by atoms with Gasteiger partial charge in [-0.15, -0.1) is 0 Å². The minimum atomic E-state index is 0.334. The summed E-state index contributed by atoms with van der Waals surface area (Å²) in [6, 6.07) is 6.33. The Bertz CT molecular complexity index is 538. The third kappa shape index (κ3) is 3.14. The molecule has 3 nitrogen and oxygen atoms in total. The normalized spacial score (nSPS) is 10.9. The smallest absolute Gasteiger partial charge is 0.165 e. The molecule has 0 amide bonds. The number of hydrogen-bond acceptors (Lipinski definition) is 2. The summed E-state index contributed by atoms with van der Waals surface area (Å²) in [6.45, 7) is 4.17. The second kappa shape index (κ2) is 5.89. The first-order valence-corrected chi connectivity index (χ1v) is 7.58. The van der Waals surface area contributed by atoms with E-state index in [2.05, 4.69) is 50.8 Å². The van der Waals surface area contributed by atoms with Gasteiger partial charge in [0.25, 0.3) is 0 Å². The molecule has 0 aliphatic carbocycles. The molecule has 1 aromatic carbocycles. The number of aromatic nitrogens is 2. The molecule has 2 aromatic rings. The molecule has 96 valence electrons. The lowest BCUT2D eigenvalue weighted by Gasteiger charge is -2.08. The molecule has 1 heterocycles. The minimum Gasteiger partial charge on any atom is -0.454 e. The van der Waals surface area contributed by atoms with Gasteiger partial charge in [-0.05, 0) is 26.0 Å². The molecule has 2 rings (SSSR count). The molecule has 0 saturated carbocycles. The predicted octanol–water partition coefficient (Wildman–Crippen LogP) is 4.91. The zero-order valence-electron chi connectivity index (χ0n) is 10.2. The van der Waals surface area contributed by atoms with Crippen molar-refractivity contribution in [1.82, 2.24) is 9.78 Å². The van der Waals surface area contributed by atoms with E-state index >= 15 is 0 Å². The van der Waals surface area contributed by atoms with E-state index in [0.29, 0.717) is 6.04 Å². The van der Waals surface area contributed by atoms with Crippen LogP contribution in [0.3, 0.4) is 0 Å². The summed E-state index contributed by atoms with van der Waals surface area (Å²) in [7, 11) is 0. The average Bonchev–Trinajstić information content (AvgIpc) is 2.78. The van der Waals surface area contributed by atoms with Gasteiger partial charge in [0.1, 0.15) is 5.75 Å². The Kier molecular flexibility index (Phi) is 4.45. The first-order chi connectivity index (χ1) is 8.60. The molecule has 1 aromatic heterocycles. The molecule has 0 saturated heterocycles. The van der Waals surface area contributed by atoms with E-state index in [-0.39, 0.29) is 0 Å². The van der Waals surface area contributed by atoms with Crippen molar-refractivity contribution < 1.29 is 4.74 Å². The number of benzene rings is 1. The van der Waals surface area contributed by atoms with E-state index in [9.17, 15) is 0 Å². The van der Waals surface area contributed by atoms with Gasteiger partial charge < -0.3 is 4.74 Å². The van der Waals surface area contributed by atoms with Crippen molar-refractivity contribution in [2.45, 2.75) is 25.2 Å². The van der Waals surface area contributed by atoms with Crippen LogP contribution in [0.4, 0.5) is 0 Å².